The monoisotopic (exact) mass is 355 g/mol. The summed E-state index contributed by atoms with van der Waals surface area (Å²) in [6, 6.07) is 13.5. The van der Waals surface area contributed by atoms with Crippen LogP contribution in [-0.2, 0) is 10.0 Å². The average molecular weight is 356 g/mol. The van der Waals surface area contributed by atoms with Gasteiger partial charge >= 0.3 is 0 Å². The van der Waals surface area contributed by atoms with Crippen LogP contribution in [0.25, 0.3) is 0 Å². The van der Waals surface area contributed by atoms with Crippen LogP contribution in [0, 0.1) is 0 Å². The number of nitrogens with zero attached hydrogens (tertiary/aromatic N) is 1. The third-order valence-electron chi connectivity index (χ3n) is 2.90. The summed E-state index contributed by atoms with van der Waals surface area (Å²) < 4.78 is 32.4. The summed E-state index contributed by atoms with van der Waals surface area (Å²) in [4.78, 5) is 0.231. The van der Waals surface area contributed by atoms with Gasteiger partial charge < -0.3 is 4.74 Å². The Bertz CT molecular complexity index is 699. The van der Waals surface area contributed by atoms with E-state index in [1.807, 2.05) is 0 Å². The number of methoxy groups -OCH3 is 1. The van der Waals surface area contributed by atoms with Crippen LogP contribution in [0.5, 0.6) is 5.75 Å². The van der Waals surface area contributed by atoms with Crippen LogP contribution in [0.3, 0.4) is 0 Å². The van der Waals surface area contributed by atoms with Gasteiger partial charge in [-0.3, -0.25) is 4.31 Å². The maximum Gasteiger partial charge on any atom is 0.264 e. The molecule has 0 heterocycles. The van der Waals surface area contributed by atoms with Crippen molar-refractivity contribution in [2.45, 2.75) is 4.90 Å². The van der Waals surface area contributed by atoms with Crippen molar-refractivity contribution in [3.8, 4) is 5.75 Å². The van der Waals surface area contributed by atoms with Gasteiger partial charge in [0.2, 0.25) is 0 Å². The normalized spacial score (nSPS) is 11.2. The largest absolute Gasteiger partial charge is 0.495 e. The van der Waals surface area contributed by atoms with E-state index in [9.17, 15) is 8.42 Å². The second-order valence-corrected chi connectivity index (χ2v) is 6.98. The highest BCUT2D eigenvalue weighted by Crippen LogP contribution is 2.31. The summed E-state index contributed by atoms with van der Waals surface area (Å²) in [6.45, 7) is 0. The van der Waals surface area contributed by atoms with Crippen molar-refractivity contribution < 1.29 is 13.2 Å². The summed E-state index contributed by atoms with van der Waals surface area (Å²) >= 11 is 3.29. The average Bonchev–Trinajstić information content (AvgIpc) is 2.46. The van der Waals surface area contributed by atoms with Gasteiger partial charge in [0.1, 0.15) is 5.75 Å². The minimum Gasteiger partial charge on any atom is -0.495 e. The number of ether oxygens (including phenoxy) is 1. The second kappa shape index (κ2) is 5.85. The van der Waals surface area contributed by atoms with Crippen LogP contribution in [0.1, 0.15) is 0 Å². The standard InChI is InChI=1S/C14H14BrNO3S/c1-16(13-5-3-4-6-14(13)19-2)20(17,18)12-9-7-11(15)8-10-12/h3-10H,1-2H3. The Morgan fingerprint density at radius 3 is 2.25 bits per heavy atom. The lowest BCUT2D eigenvalue weighted by molar-refractivity contribution is 0.416. The molecule has 0 aliphatic carbocycles. The predicted molar refractivity (Wildman–Crippen MR) is 82.7 cm³/mol. The van der Waals surface area contributed by atoms with Gasteiger partial charge in [0.05, 0.1) is 17.7 Å². The Hall–Kier alpha value is -1.53. The molecule has 0 atom stereocenters. The molecular weight excluding hydrogens is 342 g/mol. The summed E-state index contributed by atoms with van der Waals surface area (Å²) in [5.74, 6) is 0.510. The fraction of sp³-hybridized carbons (Fsp3) is 0.143. The molecule has 0 saturated heterocycles. The lowest BCUT2D eigenvalue weighted by atomic mass is 10.3. The van der Waals surface area contributed by atoms with Crippen LogP contribution in [-0.4, -0.2) is 22.6 Å². The van der Waals surface area contributed by atoms with E-state index in [4.69, 9.17) is 4.74 Å². The molecule has 2 aromatic rings. The van der Waals surface area contributed by atoms with E-state index in [1.54, 1.807) is 48.5 Å². The van der Waals surface area contributed by atoms with E-state index in [2.05, 4.69) is 15.9 Å². The van der Waals surface area contributed by atoms with Crippen molar-refractivity contribution in [3.05, 3.63) is 53.0 Å². The van der Waals surface area contributed by atoms with Crippen LogP contribution >= 0.6 is 15.9 Å². The first-order chi connectivity index (χ1) is 9.46. The number of hydrogen-bond donors (Lipinski definition) is 0. The molecule has 0 spiro atoms. The van der Waals surface area contributed by atoms with E-state index in [-0.39, 0.29) is 4.90 Å². The Labute approximate surface area is 127 Å². The number of hydrogen-bond acceptors (Lipinski definition) is 3. The quantitative estimate of drug-likeness (QED) is 0.845. The summed E-state index contributed by atoms with van der Waals surface area (Å²) in [7, 11) is -0.587. The molecule has 2 aromatic carbocycles. The van der Waals surface area contributed by atoms with E-state index in [0.717, 1.165) is 4.47 Å². The highest BCUT2D eigenvalue weighted by molar-refractivity contribution is 9.10. The summed E-state index contributed by atoms with van der Waals surface area (Å²) in [6.07, 6.45) is 0. The topological polar surface area (TPSA) is 46.6 Å². The molecule has 106 valence electrons. The van der Waals surface area contributed by atoms with Crippen LogP contribution in [0.15, 0.2) is 57.9 Å². The first-order valence-corrected chi connectivity index (χ1v) is 8.07. The van der Waals surface area contributed by atoms with Gasteiger partial charge in [0.25, 0.3) is 10.0 Å². The molecular formula is C14H14BrNO3S. The van der Waals surface area contributed by atoms with Crippen molar-refractivity contribution >= 4 is 31.6 Å². The molecule has 0 radical (unpaired) electrons. The van der Waals surface area contributed by atoms with Crippen molar-refractivity contribution in [2.24, 2.45) is 0 Å². The van der Waals surface area contributed by atoms with Gasteiger partial charge in [-0.2, -0.15) is 0 Å². The van der Waals surface area contributed by atoms with Crippen LogP contribution in [0.2, 0.25) is 0 Å². The number of rotatable bonds is 4. The zero-order chi connectivity index (χ0) is 14.8. The zero-order valence-corrected chi connectivity index (χ0v) is 13.5. The molecule has 2 rings (SSSR count). The Morgan fingerprint density at radius 1 is 1.05 bits per heavy atom. The Balaban J connectivity index is 2.46. The highest BCUT2D eigenvalue weighted by Gasteiger charge is 2.23. The predicted octanol–water partition coefficient (Wildman–Crippen LogP) is 3.28. The van der Waals surface area contributed by atoms with Crippen molar-refractivity contribution in [2.75, 3.05) is 18.5 Å². The Morgan fingerprint density at radius 2 is 1.65 bits per heavy atom. The van der Waals surface area contributed by atoms with Gasteiger partial charge in [-0.05, 0) is 36.4 Å². The molecule has 4 nitrogen and oxygen atoms in total. The number of anilines is 1. The van der Waals surface area contributed by atoms with Gasteiger partial charge in [-0.15, -0.1) is 0 Å². The molecule has 0 aromatic heterocycles. The molecule has 0 amide bonds. The maximum absolute atomic E-state index is 12.6. The zero-order valence-electron chi connectivity index (χ0n) is 11.1. The van der Waals surface area contributed by atoms with Gasteiger partial charge in [-0.1, -0.05) is 28.1 Å². The first-order valence-electron chi connectivity index (χ1n) is 5.84. The van der Waals surface area contributed by atoms with Gasteiger partial charge in [0, 0.05) is 11.5 Å². The molecule has 0 unspecified atom stereocenters. The minimum absolute atomic E-state index is 0.231. The highest BCUT2D eigenvalue weighted by atomic mass is 79.9. The molecule has 0 saturated carbocycles. The van der Waals surface area contributed by atoms with Crippen molar-refractivity contribution in [1.29, 1.82) is 0 Å². The third kappa shape index (κ3) is 2.81. The fourth-order valence-corrected chi connectivity index (χ4v) is 3.25. The van der Waals surface area contributed by atoms with Crippen molar-refractivity contribution in [3.63, 3.8) is 0 Å². The molecule has 0 aliphatic rings. The van der Waals surface area contributed by atoms with E-state index in [1.165, 1.54) is 18.5 Å². The fourth-order valence-electron chi connectivity index (χ4n) is 1.78. The summed E-state index contributed by atoms with van der Waals surface area (Å²) in [5.41, 5.74) is 0.498. The molecule has 6 heteroatoms. The second-order valence-electron chi connectivity index (χ2n) is 4.10. The third-order valence-corrected chi connectivity index (χ3v) is 5.21. The molecule has 20 heavy (non-hydrogen) atoms. The van der Waals surface area contributed by atoms with E-state index in [0.29, 0.717) is 11.4 Å². The SMILES string of the molecule is COc1ccccc1N(C)S(=O)(=O)c1ccc(Br)cc1. The van der Waals surface area contributed by atoms with Crippen LogP contribution in [0.4, 0.5) is 5.69 Å². The smallest absolute Gasteiger partial charge is 0.264 e. The maximum atomic E-state index is 12.6. The molecule has 0 bridgehead atoms. The van der Waals surface area contributed by atoms with Gasteiger partial charge in [0.15, 0.2) is 0 Å². The van der Waals surface area contributed by atoms with E-state index >= 15 is 0 Å². The first kappa shape index (κ1) is 14.9. The van der Waals surface area contributed by atoms with Crippen LogP contribution < -0.4 is 9.04 Å². The van der Waals surface area contributed by atoms with E-state index < -0.39 is 10.0 Å². The molecule has 0 aliphatic heterocycles. The van der Waals surface area contributed by atoms with Crippen molar-refractivity contribution in [1.82, 2.24) is 0 Å². The minimum atomic E-state index is -3.61. The molecule has 0 N–H and O–H groups in total. The number of para-hydroxylation sites is 2. The lowest BCUT2D eigenvalue weighted by Gasteiger charge is -2.21. The summed E-state index contributed by atoms with van der Waals surface area (Å²) in [5, 5.41) is 0. The Kier molecular flexibility index (Phi) is 4.35. The van der Waals surface area contributed by atoms with Gasteiger partial charge in [-0.25, -0.2) is 8.42 Å². The number of benzene rings is 2. The number of sulfonamides is 1. The lowest BCUT2D eigenvalue weighted by Crippen LogP contribution is -2.26. The molecule has 0 fully saturated rings. The number of halogens is 1.